The number of hydrogen-bond donors (Lipinski definition) is 1. The van der Waals surface area contributed by atoms with Crippen LogP contribution in [0.3, 0.4) is 0 Å². The molecule has 2 N–H and O–H groups in total. The summed E-state index contributed by atoms with van der Waals surface area (Å²) in [5.74, 6) is 0. The van der Waals surface area contributed by atoms with Crippen molar-refractivity contribution in [2.24, 2.45) is 5.73 Å². The van der Waals surface area contributed by atoms with Crippen molar-refractivity contribution in [3.05, 3.63) is 12.7 Å². The van der Waals surface area contributed by atoms with Gasteiger partial charge in [-0.1, -0.05) is 25.8 Å². The first-order chi connectivity index (χ1) is 7.49. The zero-order valence-corrected chi connectivity index (χ0v) is 11.6. The first-order valence-electron chi connectivity index (χ1n) is 6.53. The van der Waals surface area contributed by atoms with E-state index in [9.17, 15) is 0 Å². The molecule has 0 aliphatic rings. The van der Waals surface area contributed by atoms with Gasteiger partial charge in [-0.05, 0) is 46.7 Å². The molecule has 0 aliphatic heterocycles. The number of hydrogen-bond acceptors (Lipinski definition) is 2. The highest BCUT2D eigenvalue weighted by Gasteiger charge is 2.31. The van der Waals surface area contributed by atoms with Gasteiger partial charge in [0.05, 0.1) is 0 Å². The van der Waals surface area contributed by atoms with E-state index in [2.05, 4.69) is 39.4 Å². The standard InChI is InChI=1S/C14H30N2/c1-6-8-9-10-11-12-13(15)14(3,7-2)16(4)5/h6,13H,1,7-12,15H2,2-5H3. The van der Waals surface area contributed by atoms with E-state index in [-0.39, 0.29) is 11.6 Å². The first-order valence-corrected chi connectivity index (χ1v) is 6.53. The van der Waals surface area contributed by atoms with Crippen LogP contribution in [0.1, 0.15) is 52.4 Å². The van der Waals surface area contributed by atoms with Crippen molar-refractivity contribution in [1.82, 2.24) is 4.90 Å². The van der Waals surface area contributed by atoms with E-state index in [1.54, 1.807) is 0 Å². The van der Waals surface area contributed by atoms with Crippen LogP contribution >= 0.6 is 0 Å². The number of rotatable bonds is 9. The minimum Gasteiger partial charge on any atom is -0.326 e. The molecular formula is C14H30N2. The summed E-state index contributed by atoms with van der Waals surface area (Å²) >= 11 is 0. The Hall–Kier alpha value is -0.340. The molecule has 0 fully saturated rings. The number of allylic oxidation sites excluding steroid dienone is 1. The molecule has 0 aromatic heterocycles. The van der Waals surface area contributed by atoms with Crippen LogP contribution in [0.2, 0.25) is 0 Å². The fourth-order valence-corrected chi connectivity index (χ4v) is 2.05. The van der Waals surface area contributed by atoms with E-state index in [0.29, 0.717) is 0 Å². The highest BCUT2D eigenvalue weighted by Crippen LogP contribution is 2.23. The molecule has 2 heteroatoms. The quantitative estimate of drug-likeness (QED) is 0.483. The van der Waals surface area contributed by atoms with Crippen LogP contribution in [0.25, 0.3) is 0 Å². The lowest BCUT2D eigenvalue weighted by molar-refractivity contribution is 0.126. The number of likely N-dealkylation sites (N-methyl/N-ethyl adjacent to an activating group) is 1. The van der Waals surface area contributed by atoms with Crippen molar-refractivity contribution < 1.29 is 0 Å². The smallest absolute Gasteiger partial charge is 0.0323 e. The number of nitrogens with two attached hydrogens (primary N) is 1. The zero-order valence-electron chi connectivity index (χ0n) is 11.6. The summed E-state index contributed by atoms with van der Waals surface area (Å²) in [6.07, 6.45) is 9.11. The Labute approximate surface area is 102 Å². The summed E-state index contributed by atoms with van der Waals surface area (Å²) in [5.41, 5.74) is 6.45. The second-order valence-electron chi connectivity index (χ2n) is 5.14. The lowest BCUT2D eigenvalue weighted by Gasteiger charge is -2.41. The molecule has 2 nitrogen and oxygen atoms in total. The molecule has 0 spiro atoms. The summed E-state index contributed by atoms with van der Waals surface area (Å²) in [5, 5.41) is 0. The molecule has 96 valence electrons. The summed E-state index contributed by atoms with van der Waals surface area (Å²) in [4.78, 5) is 2.27. The molecule has 0 rings (SSSR count). The van der Waals surface area contributed by atoms with E-state index in [1.165, 1.54) is 19.3 Å². The second-order valence-corrected chi connectivity index (χ2v) is 5.14. The fourth-order valence-electron chi connectivity index (χ4n) is 2.05. The zero-order chi connectivity index (χ0) is 12.6. The molecule has 16 heavy (non-hydrogen) atoms. The molecule has 0 amide bonds. The third kappa shape index (κ3) is 4.67. The number of unbranched alkanes of at least 4 members (excludes halogenated alkanes) is 3. The first kappa shape index (κ1) is 15.7. The van der Waals surface area contributed by atoms with E-state index in [1.807, 2.05) is 6.08 Å². The summed E-state index contributed by atoms with van der Waals surface area (Å²) in [7, 11) is 4.25. The van der Waals surface area contributed by atoms with Gasteiger partial charge in [-0.25, -0.2) is 0 Å². The monoisotopic (exact) mass is 226 g/mol. The lowest BCUT2D eigenvalue weighted by Crippen LogP contribution is -2.54. The highest BCUT2D eigenvalue weighted by atomic mass is 15.2. The summed E-state index contributed by atoms with van der Waals surface area (Å²) in [6, 6.07) is 0.274. The Morgan fingerprint density at radius 3 is 2.38 bits per heavy atom. The van der Waals surface area contributed by atoms with Crippen LogP contribution in [-0.2, 0) is 0 Å². The van der Waals surface area contributed by atoms with Crippen molar-refractivity contribution >= 4 is 0 Å². The minimum absolute atomic E-state index is 0.137. The Bertz CT molecular complexity index is 189. The molecule has 0 bridgehead atoms. The maximum Gasteiger partial charge on any atom is 0.0323 e. The minimum atomic E-state index is 0.137. The molecule has 0 aromatic carbocycles. The van der Waals surface area contributed by atoms with Crippen LogP contribution < -0.4 is 5.73 Å². The maximum absolute atomic E-state index is 6.32. The molecular weight excluding hydrogens is 196 g/mol. The van der Waals surface area contributed by atoms with E-state index < -0.39 is 0 Å². The van der Waals surface area contributed by atoms with Gasteiger partial charge >= 0.3 is 0 Å². The van der Waals surface area contributed by atoms with Gasteiger partial charge in [-0.2, -0.15) is 0 Å². The van der Waals surface area contributed by atoms with Crippen LogP contribution in [-0.4, -0.2) is 30.6 Å². The third-order valence-electron chi connectivity index (χ3n) is 3.96. The third-order valence-corrected chi connectivity index (χ3v) is 3.96. The van der Waals surface area contributed by atoms with Crippen LogP contribution in [0.4, 0.5) is 0 Å². The molecule has 0 radical (unpaired) electrons. The van der Waals surface area contributed by atoms with Crippen LogP contribution in [0, 0.1) is 0 Å². The Morgan fingerprint density at radius 2 is 1.94 bits per heavy atom. The molecule has 0 aromatic rings. The predicted octanol–water partition coefficient (Wildman–Crippen LogP) is 3.18. The van der Waals surface area contributed by atoms with E-state index >= 15 is 0 Å². The van der Waals surface area contributed by atoms with Gasteiger partial charge in [-0.15, -0.1) is 6.58 Å². The van der Waals surface area contributed by atoms with Gasteiger partial charge in [0.2, 0.25) is 0 Å². The van der Waals surface area contributed by atoms with Crippen molar-refractivity contribution in [2.45, 2.75) is 64.0 Å². The van der Waals surface area contributed by atoms with Gasteiger partial charge in [-0.3, -0.25) is 0 Å². The predicted molar refractivity (Wildman–Crippen MR) is 73.6 cm³/mol. The van der Waals surface area contributed by atoms with Crippen molar-refractivity contribution in [3.63, 3.8) is 0 Å². The molecule has 2 unspecified atom stereocenters. The summed E-state index contributed by atoms with van der Waals surface area (Å²) < 4.78 is 0. The average Bonchev–Trinajstić information content (AvgIpc) is 2.27. The van der Waals surface area contributed by atoms with Gasteiger partial charge < -0.3 is 10.6 Å². The van der Waals surface area contributed by atoms with Crippen molar-refractivity contribution in [1.29, 1.82) is 0 Å². The Morgan fingerprint density at radius 1 is 1.31 bits per heavy atom. The molecule has 2 atom stereocenters. The van der Waals surface area contributed by atoms with Crippen LogP contribution in [0.5, 0.6) is 0 Å². The van der Waals surface area contributed by atoms with Gasteiger partial charge in [0.15, 0.2) is 0 Å². The Kier molecular flexibility index (Phi) is 7.69. The van der Waals surface area contributed by atoms with Crippen LogP contribution in [0.15, 0.2) is 12.7 Å². The van der Waals surface area contributed by atoms with E-state index in [4.69, 9.17) is 5.73 Å². The van der Waals surface area contributed by atoms with Gasteiger partial charge in [0, 0.05) is 11.6 Å². The second kappa shape index (κ2) is 7.86. The summed E-state index contributed by atoms with van der Waals surface area (Å²) in [6.45, 7) is 8.22. The van der Waals surface area contributed by atoms with Crippen molar-refractivity contribution in [3.8, 4) is 0 Å². The molecule has 0 saturated heterocycles. The van der Waals surface area contributed by atoms with Crippen molar-refractivity contribution in [2.75, 3.05) is 14.1 Å². The lowest BCUT2D eigenvalue weighted by atomic mass is 9.85. The molecule has 0 heterocycles. The molecule has 0 saturated carbocycles. The molecule has 0 aliphatic carbocycles. The number of nitrogens with zero attached hydrogens (tertiary/aromatic N) is 1. The SMILES string of the molecule is C=CCCCCCC(N)C(C)(CC)N(C)C. The largest absolute Gasteiger partial charge is 0.326 e. The topological polar surface area (TPSA) is 29.3 Å². The highest BCUT2D eigenvalue weighted by molar-refractivity contribution is 4.91. The average molecular weight is 226 g/mol. The Balaban J connectivity index is 3.93. The van der Waals surface area contributed by atoms with Gasteiger partial charge in [0.25, 0.3) is 0 Å². The maximum atomic E-state index is 6.32. The fraction of sp³-hybridized carbons (Fsp3) is 0.857. The van der Waals surface area contributed by atoms with E-state index in [0.717, 1.165) is 19.3 Å². The normalized spacial score (nSPS) is 17.1. The van der Waals surface area contributed by atoms with Gasteiger partial charge in [0.1, 0.15) is 0 Å².